The highest BCUT2D eigenvalue weighted by atomic mass is 16.5. The molecule has 0 fully saturated rings. The predicted octanol–water partition coefficient (Wildman–Crippen LogP) is 3.15. The molecular weight excluding hydrogens is 276 g/mol. The third-order valence-electron chi connectivity index (χ3n) is 3.54. The van der Waals surface area contributed by atoms with Crippen molar-refractivity contribution < 1.29 is 9.53 Å². The van der Waals surface area contributed by atoms with Crippen molar-refractivity contribution in [3.8, 4) is 0 Å². The fourth-order valence-electron chi connectivity index (χ4n) is 2.39. The van der Waals surface area contributed by atoms with Gasteiger partial charge in [0.05, 0.1) is 12.1 Å². The SMILES string of the molecule is COCC(C)(C)N(Cc1ccccc1)C(=O)c1ccccn1. The number of ether oxygens (including phenoxy) is 1. The molecule has 22 heavy (non-hydrogen) atoms. The fourth-order valence-corrected chi connectivity index (χ4v) is 2.39. The van der Waals surface area contributed by atoms with Crippen LogP contribution < -0.4 is 0 Å². The summed E-state index contributed by atoms with van der Waals surface area (Å²) < 4.78 is 5.30. The van der Waals surface area contributed by atoms with Crippen molar-refractivity contribution in [3.05, 3.63) is 66.0 Å². The maximum absolute atomic E-state index is 12.9. The van der Waals surface area contributed by atoms with Gasteiger partial charge in [-0.05, 0) is 31.5 Å². The van der Waals surface area contributed by atoms with E-state index in [1.165, 1.54) is 0 Å². The minimum absolute atomic E-state index is 0.0912. The summed E-state index contributed by atoms with van der Waals surface area (Å²) in [5, 5.41) is 0. The maximum atomic E-state index is 12.9. The molecule has 0 saturated heterocycles. The lowest BCUT2D eigenvalue weighted by Gasteiger charge is -2.38. The number of pyridine rings is 1. The lowest BCUT2D eigenvalue weighted by atomic mass is 10.0. The summed E-state index contributed by atoms with van der Waals surface area (Å²) in [4.78, 5) is 18.9. The Morgan fingerprint density at radius 2 is 1.82 bits per heavy atom. The van der Waals surface area contributed by atoms with E-state index >= 15 is 0 Å². The van der Waals surface area contributed by atoms with E-state index in [4.69, 9.17) is 4.74 Å². The highest BCUT2D eigenvalue weighted by Gasteiger charge is 2.32. The first-order valence-corrected chi connectivity index (χ1v) is 7.30. The fraction of sp³-hybridized carbons (Fsp3) is 0.333. The minimum atomic E-state index is -0.431. The lowest BCUT2D eigenvalue weighted by Crippen LogP contribution is -2.50. The second-order valence-electron chi connectivity index (χ2n) is 5.84. The number of hydrogen-bond donors (Lipinski definition) is 0. The summed E-state index contributed by atoms with van der Waals surface area (Å²) in [6.45, 7) is 4.98. The Balaban J connectivity index is 2.31. The molecule has 0 N–H and O–H groups in total. The van der Waals surface area contributed by atoms with Crippen LogP contribution in [0.15, 0.2) is 54.7 Å². The number of methoxy groups -OCH3 is 1. The van der Waals surface area contributed by atoms with Crippen LogP contribution in [0.5, 0.6) is 0 Å². The van der Waals surface area contributed by atoms with E-state index in [1.807, 2.05) is 55.1 Å². The zero-order chi connectivity index (χ0) is 16.0. The molecule has 4 heteroatoms. The first-order valence-electron chi connectivity index (χ1n) is 7.30. The maximum Gasteiger partial charge on any atom is 0.273 e. The molecule has 1 aromatic carbocycles. The Kier molecular flexibility index (Phi) is 5.28. The van der Waals surface area contributed by atoms with Crippen LogP contribution in [-0.4, -0.2) is 35.0 Å². The van der Waals surface area contributed by atoms with E-state index < -0.39 is 5.54 Å². The van der Waals surface area contributed by atoms with Crippen LogP contribution in [0.4, 0.5) is 0 Å². The van der Waals surface area contributed by atoms with E-state index in [-0.39, 0.29) is 5.91 Å². The van der Waals surface area contributed by atoms with E-state index in [2.05, 4.69) is 4.98 Å². The molecule has 1 amide bonds. The van der Waals surface area contributed by atoms with Crippen LogP contribution in [0, 0.1) is 0 Å². The van der Waals surface area contributed by atoms with E-state index in [9.17, 15) is 4.79 Å². The molecular formula is C18H22N2O2. The van der Waals surface area contributed by atoms with Crippen molar-refractivity contribution in [1.29, 1.82) is 0 Å². The molecule has 0 aliphatic heterocycles. The molecule has 0 aliphatic carbocycles. The summed E-state index contributed by atoms with van der Waals surface area (Å²) in [6.07, 6.45) is 1.64. The van der Waals surface area contributed by atoms with Gasteiger partial charge in [0.15, 0.2) is 0 Å². The highest BCUT2D eigenvalue weighted by Crippen LogP contribution is 2.21. The van der Waals surface area contributed by atoms with Gasteiger partial charge in [0.1, 0.15) is 5.69 Å². The number of benzene rings is 1. The molecule has 2 aromatic rings. The van der Waals surface area contributed by atoms with Gasteiger partial charge in [0.25, 0.3) is 5.91 Å². The highest BCUT2D eigenvalue weighted by molar-refractivity contribution is 5.92. The van der Waals surface area contributed by atoms with Crippen LogP contribution in [0.25, 0.3) is 0 Å². The van der Waals surface area contributed by atoms with Crippen LogP contribution >= 0.6 is 0 Å². The molecule has 1 heterocycles. The van der Waals surface area contributed by atoms with Gasteiger partial charge in [-0.25, -0.2) is 0 Å². The third kappa shape index (κ3) is 3.92. The summed E-state index contributed by atoms with van der Waals surface area (Å²) in [7, 11) is 1.65. The first-order chi connectivity index (χ1) is 10.5. The zero-order valence-electron chi connectivity index (χ0n) is 13.3. The van der Waals surface area contributed by atoms with Crippen LogP contribution in [0.3, 0.4) is 0 Å². The number of aromatic nitrogens is 1. The van der Waals surface area contributed by atoms with E-state index in [1.54, 1.807) is 25.4 Å². The number of hydrogen-bond acceptors (Lipinski definition) is 3. The van der Waals surface area contributed by atoms with Crippen molar-refractivity contribution in [2.75, 3.05) is 13.7 Å². The van der Waals surface area contributed by atoms with Crippen molar-refractivity contribution in [3.63, 3.8) is 0 Å². The number of rotatable bonds is 6. The van der Waals surface area contributed by atoms with Crippen molar-refractivity contribution in [2.24, 2.45) is 0 Å². The van der Waals surface area contributed by atoms with Crippen LogP contribution in [-0.2, 0) is 11.3 Å². The molecule has 0 saturated carbocycles. The van der Waals surface area contributed by atoms with Crippen LogP contribution in [0.1, 0.15) is 29.9 Å². The average molecular weight is 298 g/mol. The Bertz CT molecular complexity index is 597. The van der Waals surface area contributed by atoms with Crippen LogP contribution in [0.2, 0.25) is 0 Å². The number of nitrogens with zero attached hydrogens (tertiary/aromatic N) is 2. The topological polar surface area (TPSA) is 42.4 Å². The Hall–Kier alpha value is -2.20. The zero-order valence-corrected chi connectivity index (χ0v) is 13.3. The number of amides is 1. The molecule has 0 aliphatic rings. The van der Waals surface area contributed by atoms with E-state index in [0.717, 1.165) is 5.56 Å². The molecule has 116 valence electrons. The Morgan fingerprint density at radius 3 is 2.41 bits per heavy atom. The van der Waals surface area contributed by atoms with Gasteiger partial charge in [0, 0.05) is 19.9 Å². The second kappa shape index (κ2) is 7.18. The summed E-state index contributed by atoms with van der Waals surface area (Å²) in [5.74, 6) is -0.0912. The first kappa shape index (κ1) is 16.2. The van der Waals surface area contributed by atoms with Gasteiger partial charge in [-0.15, -0.1) is 0 Å². The van der Waals surface area contributed by atoms with Crippen molar-refractivity contribution in [2.45, 2.75) is 25.9 Å². The molecule has 0 atom stereocenters. The quantitative estimate of drug-likeness (QED) is 0.822. The standard InChI is InChI=1S/C18H22N2O2/c1-18(2,14-22-3)20(13-15-9-5-4-6-10-15)17(21)16-11-7-8-12-19-16/h4-12H,13-14H2,1-3H3. The molecule has 2 rings (SSSR count). The van der Waals surface area contributed by atoms with Gasteiger partial charge in [-0.2, -0.15) is 0 Å². The van der Waals surface area contributed by atoms with Gasteiger partial charge in [0.2, 0.25) is 0 Å². The van der Waals surface area contributed by atoms with Crippen molar-refractivity contribution in [1.82, 2.24) is 9.88 Å². The molecule has 0 spiro atoms. The van der Waals surface area contributed by atoms with Gasteiger partial charge >= 0.3 is 0 Å². The molecule has 0 radical (unpaired) electrons. The van der Waals surface area contributed by atoms with Gasteiger partial charge in [-0.3, -0.25) is 9.78 Å². The van der Waals surface area contributed by atoms with Gasteiger partial charge in [-0.1, -0.05) is 36.4 Å². The molecule has 4 nitrogen and oxygen atoms in total. The Labute approximate surface area is 131 Å². The number of carbonyl (C=O) groups excluding carboxylic acids is 1. The average Bonchev–Trinajstić information content (AvgIpc) is 2.53. The summed E-state index contributed by atoms with van der Waals surface area (Å²) >= 11 is 0. The molecule has 0 bridgehead atoms. The normalized spacial score (nSPS) is 11.2. The van der Waals surface area contributed by atoms with Crippen molar-refractivity contribution >= 4 is 5.91 Å². The largest absolute Gasteiger partial charge is 0.382 e. The van der Waals surface area contributed by atoms with E-state index in [0.29, 0.717) is 18.8 Å². The molecule has 1 aromatic heterocycles. The van der Waals surface area contributed by atoms with Gasteiger partial charge < -0.3 is 9.64 Å². The third-order valence-corrected chi connectivity index (χ3v) is 3.54. The predicted molar refractivity (Wildman–Crippen MR) is 86.5 cm³/mol. The second-order valence-corrected chi connectivity index (χ2v) is 5.84. The number of carbonyl (C=O) groups is 1. The lowest BCUT2D eigenvalue weighted by molar-refractivity contribution is 0.0226. The molecule has 0 unspecified atom stereocenters. The minimum Gasteiger partial charge on any atom is -0.382 e. The summed E-state index contributed by atoms with van der Waals surface area (Å²) in [6, 6.07) is 15.3. The Morgan fingerprint density at radius 1 is 1.14 bits per heavy atom. The summed E-state index contributed by atoms with van der Waals surface area (Å²) in [5.41, 5.74) is 1.10. The smallest absolute Gasteiger partial charge is 0.273 e. The monoisotopic (exact) mass is 298 g/mol.